The van der Waals surface area contributed by atoms with Gasteiger partial charge in [0.15, 0.2) is 0 Å². The summed E-state index contributed by atoms with van der Waals surface area (Å²) in [6.45, 7) is 6.78. The highest BCUT2D eigenvalue weighted by Crippen LogP contribution is 2.23. The van der Waals surface area contributed by atoms with Gasteiger partial charge in [0.2, 0.25) is 0 Å². The lowest BCUT2D eigenvalue weighted by atomic mass is 10.0. The maximum atomic E-state index is 11.9. The van der Waals surface area contributed by atoms with Crippen LogP contribution in [-0.2, 0) is 4.74 Å². The molecule has 0 fully saturated rings. The number of nitrogens with zero attached hydrogens (tertiary/aromatic N) is 2. The van der Waals surface area contributed by atoms with Crippen molar-refractivity contribution in [3.05, 3.63) is 35.1 Å². The number of pyridine rings is 1. The third-order valence-corrected chi connectivity index (χ3v) is 3.12. The van der Waals surface area contributed by atoms with Gasteiger partial charge < -0.3 is 9.64 Å². The summed E-state index contributed by atoms with van der Waals surface area (Å²) in [6.07, 6.45) is 2.49. The topological polar surface area (TPSA) is 42.4 Å². The van der Waals surface area contributed by atoms with Crippen LogP contribution in [0.3, 0.4) is 0 Å². The van der Waals surface area contributed by atoms with Crippen molar-refractivity contribution >= 4 is 23.3 Å². The average Bonchev–Trinajstić information content (AvgIpc) is 2.37. The minimum atomic E-state index is -0.463. The van der Waals surface area contributed by atoms with Crippen molar-refractivity contribution in [2.24, 2.45) is 0 Å². The van der Waals surface area contributed by atoms with Crippen LogP contribution in [0, 0.1) is 0 Å². The Morgan fingerprint density at radius 2 is 2.15 bits per heavy atom. The first kappa shape index (κ1) is 14.9. The van der Waals surface area contributed by atoms with E-state index in [0.29, 0.717) is 18.2 Å². The van der Waals surface area contributed by atoms with E-state index in [9.17, 15) is 4.79 Å². The molecule has 0 aliphatic carbocycles. The summed E-state index contributed by atoms with van der Waals surface area (Å²) in [5.41, 5.74) is 1.53. The summed E-state index contributed by atoms with van der Waals surface area (Å²) in [6, 6.07) is 5.56. The molecule has 1 aromatic rings. The van der Waals surface area contributed by atoms with E-state index in [2.05, 4.69) is 4.98 Å². The summed E-state index contributed by atoms with van der Waals surface area (Å²) in [5.74, 6) is 0. The van der Waals surface area contributed by atoms with E-state index >= 15 is 0 Å². The Kier molecular flexibility index (Phi) is 4.33. The van der Waals surface area contributed by atoms with E-state index in [4.69, 9.17) is 16.3 Å². The van der Waals surface area contributed by atoms with E-state index in [-0.39, 0.29) is 6.09 Å². The molecule has 0 aromatic carbocycles. The van der Waals surface area contributed by atoms with E-state index in [1.165, 1.54) is 0 Å². The number of carbonyl (C=O) groups is 1. The monoisotopic (exact) mass is 294 g/mol. The molecule has 108 valence electrons. The molecule has 20 heavy (non-hydrogen) atoms. The van der Waals surface area contributed by atoms with Gasteiger partial charge in [0.05, 0.1) is 5.69 Å². The van der Waals surface area contributed by atoms with Gasteiger partial charge in [-0.15, -0.1) is 0 Å². The van der Waals surface area contributed by atoms with Gasteiger partial charge in [0.1, 0.15) is 10.8 Å². The number of amides is 1. The molecule has 0 bridgehead atoms. The van der Waals surface area contributed by atoms with Crippen LogP contribution in [0.5, 0.6) is 0 Å². The highest BCUT2D eigenvalue weighted by molar-refractivity contribution is 6.29. The van der Waals surface area contributed by atoms with Crippen molar-refractivity contribution < 1.29 is 9.53 Å². The number of hydrogen-bond acceptors (Lipinski definition) is 3. The Morgan fingerprint density at radius 3 is 2.70 bits per heavy atom. The van der Waals surface area contributed by atoms with Crippen molar-refractivity contribution in [2.75, 3.05) is 13.1 Å². The van der Waals surface area contributed by atoms with Gasteiger partial charge >= 0.3 is 6.09 Å². The second-order valence-corrected chi connectivity index (χ2v) is 6.14. The van der Waals surface area contributed by atoms with Gasteiger partial charge in [-0.3, -0.25) is 0 Å². The molecule has 2 rings (SSSR count). The minimum absolute atomic E-state index is 0.271. The molecule has 0 spiro atoms. The van der Waals surface area contributed by atoms with Crippen molar-refractivity contribution in [1.82, 2.24) is 9.88 Å². The van der Waals surface area contributed by atoms with Crippen molar-refractivity contribution in [2.45, 2.75) is 32.8 Å². The number of hydrogen-bond donors (Lipinski definition) is 0. The predicted molar refractivity (Wildman–Crippen MR) is 79.6 cm³/mol. The largest absolute Gasteiger partial charge is 0.444 e. The molecule has 1 aliphatic heterocycles. The first-order valence-electron chi connectivity index (χ1n) is 6.65. The number of rotatable bonds is 1. The number of halogens is 1. The molecule has 5 heteroatoms. The molecule has 0 radical (unpaired) electrons. The van der Waals surface area contributed by atoms with E-state index in [1.807, 2.05) is 39.0 Å². The number of aromatic nitrogens is 1. The van der Waals surface area contributed by atoms with E-state index in [0.717, 1.165) is 17.7 Å². The van der Waals surface area contributed by atoms with Crippen molar-refractivity contribution in [3.8, 4) is 0 Å². The third kappa shape index (κ3) is 3.97. The lowest BCUT2D eigenvalue weighted by Crippen LogP contribution is -2.39. The fourth-order valence-corrected chi connectivity index (χ4v) is 2.14. The van der Waals surface area contributed by atoms with Gasteiger partial charge in [-0.05, 0) is 44.9 Å². The van der Waals surface area contributed by atoms with Crippen LogP contribution >= 0.6 is 11.6 Å². The summed E-state index contributed by atoms with van der Waals surface area (Å²) in [7, 11) is 0. The van der Waals surface area contributed by atoms with Gasteiger partial charge in [-0.2, -0.15) is 0 Å². The summed E-state index contributed by atoms with van der Waals surface area (Å²) in [5, 5.41) is 0.484. The molecular weight excluding hydrogens is 276 g/mol. The first-order chi connectivity index (χ1) is 9.35. The number of ether oxygens (including phenoxy) is 1. The fourth-order valence-electron chi connectivity index (χ4n) is 1.98. The Bertz CT molecular complexity index is 535. The van der Waals surface area contributed by atoms with Crippen LogP contribution in [-0.4, -0.2) is 34.7 Å². The molecule has 0 N–H and O–H groups in total. The number of carbonyl (C=O) groups excluding carboxylic acids is 1. The molecule has 0 atom stereocenters. The normalized spacial score (nSPS) is 15.8. The zero-order chi connectivity index (χ0) is 14.8. The molecule has 0 saturated carbocycles. The molecule has 1 aliphatic rings. The third-order valence-electron chi connectivity index (χ3n) is 2.90. The second-order valence-electron chi connectivity index (χ2n) is 5.75. The molecule has 0 unspecified atom stereocenters. The zero-order valence-corrected chi connectivity index (χ0v) is 12.8. The highest BCUT2D eigenvalue weighted by Gasteiger charge is 2.24. The van der Waals surface area contributed by atoms with Crippen LogP contribution < -0.4 is 0 Å². The lowest BCUT2D eigenvalue weighted by molar-refractivity contribution is 0.0270. The predicted octanol–water partition coefficient (Wildman–Crippen LogP) is 3.76. The average molecular weight is 295 g/mol. The SMILES string of the molecule is CC(C)(C)OC(=O)N1CC=C(c2cccc(Cl)n2)CC1. The standard InChI is InChI=1S/C15H19ClN2O2/c1-15(2,3)20-14(19)18-9-7-11(8-10-18)12-5-4-6-13(16)17-12/h4-7H,8-10H2,1-3H3. The smallest absolute Gasteiger partial charge is 0.410 e. The lowest BCUT2D eigenvalue weighted by Gasteiger charge is -2.29. The Labute approximate surface area is 124 Å². The van der Waals surface area contributed by atoms with E-state index in [1.54, 1.807) is 11.0 Å². The molecule has 1 aromatic heterocycles. The Morgan fingerprint density at radius 1 is 1.40 bits per heavy atom. The Hall–Kier alpha value is -1.55. The summed E-state index contributed by atoms with van der Waals surface area (Å²) in [4.78, 5) is 17.9. The van der Waals surface area contributed by atoms with Gasteiger partial charge in [0, 0.05) is 13.1 Å². The molecule has 4 nitrogen and oxygen atoms in total. The second kappa shape index (κ2) is 5.83. The van der Waals surface area contributed by atoms with Gasteiger partial charge in [-0.25, -0.2) is 9.78 Å². The Balaban J connectivity index is 2.02. The van der Waals surface area contributed by atoms with Crippen molar-refractivity contribution in [3.63, 3.8) is 0 Å². The van der Waals surface area contributed by atoms with Gasteiger partial charge in [-0.1, -0.05) is 23.7 Å². The van der Waals surface area contributed by atoms with Crippen LogP contribution in [0.25, 0.3) is 5.57 Å². The quantitative estimate of drug-likeness (QED) is 0.741. The maximum Gasteiger partial charge on any atom is 0.410 e. The molecule has 0 saturated heterocycles. The van der Waals surface area contributed by atoms with Crippen LogP contribution in [0.1, 0.15) is 32.9 Å². The molecule has 1 amide bonds. The minimum Gasteiger partial charge on any atom is -0.444 e. The maximum absolute atomic E-state index is 11.9. The van der Waals surface area contributed by atoms with Crippen LogP contribution in [0.2, 0.25) is 5.15 Å². The molecule has 2 heterocycles. The molecular formula is C15H19ClN2O2. The zero-order valence-electron chi connectivity index (χ0n) is 12.0. The van der Waals surface area contributed by atoms with Crippen LogP contribution in [0.4, 0.5) is 4.79 Å². The van der Waals surface area contributed by atoms with Gasteiger partial charge in [0.25, 0.3) is 0 Å². The first-order valence-corrected chi connectivity index (χ1v) is 7.03. The fraction of sp³-hybridized carbons (Fsp3) is 0.467. The highest BCUT2D eigenvalue weighted by atomic mass is 35.5. The summed E-state index contributed by atoms with van der Waals surface area (Å²) >= 11 is 5.89. The summed E-state index contributed by atoms with van der Waals surface area (Å²) < 4.78 is 5.36. The van der Waals surface area contributed by atoms with E-state index < -0.39 is 5.60 Å². The van der Waals surface area contributed by atoms with Crippen molar-refractivity contribution in [1.29, 1.82) is 0 Å². The van der Waals surface area contributed by atoms with Crippen LogP contribution in [0.15, 0.2) is 24.3 Å².